The van der Waals surface area contributed by atoms with Gasteiger partial charge in [0.25, 0.3) is 0 Å². The van der Waals surface area contributed by atoms with Gasteiger partial charge in [-0.05, 0) is 31.9 Å². The molecule has 0 bridgehead atoms. The van der Waals surface area contributed by atoms with E-state index in [4.69, 9.17) is 4.74 Å². The van der Waals surface area contributed by atoms with Crippen molar-refractivity contribution < 1.29 is 9.66 Å². The van der Waals surface area contributed by atoms with E-state index in [1.165, 1.54) is 6.07 Å². The number of hydrogen-bond acceptors (Lipinski definition) is 4. The van der Waals surface area contributed by atoms with Crippen LogP contribution in [-0.4, -0.2) is 24.1 Å². The van der Waals surface area contributed by atoms with Crippen molar-refractivity contribution in [3.8, 4) is 5.75 Å². The molecule has 1 aromatic carbocycles. The lowest BCUT2D eigenvalue weighted by atomic mass is 10.2. The SMILES string of the molecule is Cc1cccc([N+](=O)[O-])c1OC[C@@H]1CCCN1. The quantitative estimate of drug-likeness (QED) is 0.641. The molecule has 1 N–H and O–H groups in total. The molecule has 0 amide bonds. The normalized spacial score (nSPS) is 19.2. The van der Waals surface area contributed by atoms with Gasteiger partial charge in [0.05, 0.1) is 4.92 Å². The maximum atomic E-state index is 10.9. The van der Waals surface area contributed by atoms with Crippen LogP contribution in [0.1, 0.15) is 18.4 Å². The van der Waals surface area contributed by atoms with Crippen LogP contribution in [0.2, 0.25) is 0 Å². The highest BCUT2D eigenvalue weighted by Gasteiger charge is 2.20. The minimum absolute atomic E-state index is 0.0444. The third kappa shape index (κ3) is 2.74. The van der Waals surface area contributed by atoms with Gasteiger partial charge in [0.2, 0.25) is 0 Å². The predicted molar refractivity (Wildman–Crippen MR) is 64.4 cm³/mol. The van der Waals surface area contributed by atoms with Crippen LogP contribution < -0.4 is 10.1 Å². The number of nitrogens with zero attached hydrogens (tertiary/aromatic N) is 1. The Bertz CT molecular complexity index is 414. The number of nitrogens with one attached hydrogen (secondary N) is 1. The molecule has 1 saturated heterocycles. The minimum atomic E-state index is -0.398. The molecule has 0 unspecified atom stereocenters. The van der Waals surface area contributed by atoms with Gasteiger partial charge in [-0.1, -0.05) is 12.1 Å². The molecule has 1 aliphatic rings. The van der Waals surface area contributed by atoms with Gasteiger partial charge in [-0.25, -0.2) is 0 Å². The lowest BCUT2D eigenvalue weighted by Gasteiger charge is -2.13. The molecule has 1 fully saturated rings. The van der Waals surface area contributed by atoms with Crippen molar-refractivity contribution in [1.29, 1.82) is 0 Å². The van der Waals surface area contributed by atoms with Crippen LogP contribution in [0.15, 0.2) is 18.2 Å². The van der Waals surface area contributed by atoms with Gasteiger partial charge in [-0.15, -0.1) is 0 Å². The summed E-state index contributed by atoms with van der Waals surface area (Å²) in [5, 5.41) is 14.2. The minimum Gasteiger partial charge on any atom is -0.485 e. The van der Waals surface area contributed by atoms with E-state index in [9.17, 15) is 10.1 Å². The van der Waals surface area contributed by atoms with Gasteiger partial charge in [0.1, 0.15) is 6.61 Å². The lowest BCUT2D eigenvalue weighted by molar-refractivity contribution is -0.385. The van der Waals surface area contributed by atoms with Crippen LogP contribution in [0.4, 0.5) is 5.69 Å². The molecular weight excluding hydrogens is 220 g/mol. The molecule has 1 heterocycles. The number of ether oxygens (including phenoxy) is 1. The summed E-state index contributed by atoms with van der Waals surface area (Å²) >= 11 is 0. The Morgan fingerprint density at radius 1 is 1.59 bits per heavy atom. The summed E-state index contributed by atoms with van der Waals surface area (Å²) in [5.74, 6) is 0.395. The van der Waals surface area contributed by atoms with Crippen molar-refractivity contribution >= 4 is 5.69 Å². The topological polar surface area (TPSA) is 64.4 Å². The Balaban J connectivity index is 2.10. The number of hydrogen-bond donors (Lipinski definition) is 1. The van der Waals surface area contributed by atoms with Crippen molar-refractivity contribution in [2.75, 3.05) is 13.2 Å². The Morgan fingerprint density at radius 3 is 3.06 bits per heavy atom. The number of nitro groups is 1. The summed E-state index contributed by atoms with van der Waals surface area (Å²) in [6.07, 6.45) is 2.21. The van der Waals surface area contributed by atoms with E-state index < -0.39 is 4.92 Å². The zero-order valence-electron chi connectivity index (χ0n) is 9.81. The number of rotatable bonds is 4. The molecule has 0 radical (unpaired) electrons. The van der Waals surface area contributed by atoms with Gasteiger partial charge in [-0.2, -0.15) is 0 Å². The molecule has 2 rings (SSSR count). The van der Waals surface area contributed by atoms with E-state index in [0.29, 0.717) is 18.4 Å². The highest BCUT2D eigenvalue weighted by Crippen LogP contribution is 2.30. The molecule has 0 aromatic heterocycles. The first kappa shape index (κ1) is 11.9. The molecule has 0 aliphatic carbocycles. The second kappa shape index (κ2) is 5.14. The fraction of sp³-hybridized carbons (Fsp3) is 0.500. The molecule has 92 valence electrons. The molecule has 0 saturated carbocycles. The van der Waals surface area contributed by atoms with E-state index in [-0.39, 0.29) is 5.69 Å². The van der Waals surface area contributed by atoms with Crippen LogP contribution >= 0.6 is 0 Å². The zero-order valence-corrected chi connectivity index (χ0v) is 9.81. The molecule has 1 aliphatic heterocycles. The van der Waals surface area contributed by atoms with E-state index in [2.05, 4.69) is 5.32 Å². The van der Waals surface area contributed by atoms with Crippen molar-refractivity contribution in [3.05, 3.63) is 33.9 Å². The van der Waals surface area contributed by atoms with E-state index in [1.54, 1.807) is 6.07 Å². The summed E-state index contributed by atoms with van der Waals surface area (Å²) in [4.78, 5) is 10.5. The summed E-state index contributed by atoms with van der Waals surface area (Å²) in [6.45, 7) is 3.32. The van der Waals surface area contributed by atoms with Gasteiger partial charge < -0.3 is 10.1 Å². The molecule has 1 aromatic rings. The Kier molecular flexibility index (Phi) is 3.58. The third-order valence-electron chi connectivity index (χ3n) is 2.98. The molecule has 5 nitrogen and oxygen atoms in total. The van der Waals surface area contributed by atoms with Gasteiger partial charge in [-0.3, -0.25) is 10.1 Å². The fourth-order valence-electron chi connectivity index (χ4n) is 2.05. The molecule has 5 heteroatoms. The standard InChI is InChI=1S/C12H16N2O3/c1-9-4-2-6-11(14(15)16)12(9)17-8-10-5-3-7-13-10/h2,4,6,10,13H,3,5,7-8H2,1H3/t10-/m0/s1. The largest absolute Gasteiger partial charge is 0.485 e. The Labute approximate surface area is 99.9 Å². The Hall–Kier alpha value is -1.62. The van der Waals surface area contributed by atoms with Gasteiger partial charge in [0, 0.05) is 12.1 Å². The van der Waals surface area contributed by atoms with Gasteiger partial charge >= 0.3 is 5.69 Å². The summed E-state index contributed by atoms with van der Waals surface area (Å²) in [5.41, 5.74) is 0.847. The first-order valence-electron chi connectivity index (χ1n) is 5.78. The smallest absolute Gasteiger partial charge is 0.311 e. The number of nitro benzene ring substituents is 1. The first-order chi connectivity index (χ1) is 8.18. The van der Waals surface area contributed by atoms with E-state index in [0.717, 1.165) is 24.9 Å². The molecule has 17 heavy (non-hydrogen) atoms. The third-order valence-corrected chi connectivity index (χ3v) is 2.98. The van der Waals surface area contributed by atoms with Crippen LogP contribution in [0.5, 0.6) is 5.75 Å². The maximum Gasteiger partial charge on any atom is 0.311 e. The predicted octanol–water partition coefficient (Wildman–Crippen LogP) is 2.03. The van der Waals surface area contributed by atoms with Crippen LogP contribution in [0.25, 0.3) is 0 Å². The average Bonchev–Trinajstić information content (AvgIpc) is 2.80. The number of benzene rings is 1. The maximum absolute atomic E-state index is 10.9. The number of para-hydroxylation sites is 1. The van der Waals surface area contributed by atoms with E-state index in [1.807, 2.05) is 13.0 Å². The highest BCUT2D eigenvalue weighted by atomic mass is 16.6. The Morgan fingerprint density at radius 2 is 2.41 bits per heavy atom. The zero-order chi connectivity index (χ0) is 12.3. The van der Waals surface area contributed by atoms with Crippen LogP contribution in [0.3, 0.4) is 0 Å². The summed E-state index contributed by atoms with van der Waals surface area (Å²) < 4.78 is 5.61. The molecular formula is C12H16N2O3. The fourth-order valence-corrected chi connectivity index (χ4v) is 2.05. The average molecular weight is 236 g/mol. The first-order valence-corrected chi connectivity index (χ1v) is 5.78. The van der Waals surface area contributed by atoms with Crippen molar-refractivity contribution in [3.63, 3.8) is 0 Å². The van der Waals surface area contributed by atoms with Crippen LogP contribution in [0, 0.1) is 17.0 Å². The monoisotopic (exact) mass is 236 g/mol. The number of aryl methyl sites for hydroxylation is 1. The van der Waals surface area contributed by atoms with E-state index >= 15 is 0 Å². The second-order valence-electron chi connectivity index (χ2n) is 4.28. The van der Waals surface area contributed by atoms with Crippen molar-refractivity contribution in [2.45, 2.75) is 25.8 Å². The van der Waals surface area contributed by atoms with Crippen molar-refractivity contribution in [2.24, 2.45) is 0 Å². The summed E-state index contributed by atoms with van der Waals surface area (Å²) in [7, 11) is 0. The second-order valence-corrected chi connectivity index (χ2v) is 4.28. The lowest BCUT2D eigenvalue weighted by Crippen LogP contribution is -2.28. The van der Waals surface area contributed by atoms with Crippen LogP contribution in [-0.2, 0) is 0 Å². The van der Waals surface area contributed by atoms with Crippen molar-refractivity contribution in [1.82, 2.24) is 5.32 Å². The summed E-state index contributed by atoms with van der Waals surface area (Å²) in [6, 6.07) is 5.29. The molecule has 1 atom stereocenters. The van der Waals surface area contributed by atoms with Gasteiger partial charge in [0.15, 0.2) is 5.75 Å². The highest BCUT2D eigenvalue weighted by molar-refractivity contribution is 5.51. The molecule has 0 spiro atoms.